The van der Waals surface area contributed by atoms with Gasteiger partial charge in [-0.05, 0) is 26.9 Å². The highest BCUT2D eigenvalue weighted by Crippen LogP contribution is 2.31. The molecule has 0 bridgehead atoms. The second kappa shape index (κ2) is 8.42. The summed E-state index contributed by atoms with van der Waals surface area (Å²) >= 11 is 0. The van der Waals surface area contributed by atoms with Gasteiger partial charge in [0.15, 0.2) is 0 Å². The first-order chi connectivity index (χ1) is 9.81. The van der Waals surface area contributed by atoms with Crippen molar-refractivity contribution in [2.75, 3.05) is 27.2 Å². The molecule has 0 amide bonds. The molecule has 114 valence electrons. The zero-order valence-corrected chi connectivity index (χ0v) is 13.1. The summed E-state index contributed by atoms with van der Waals surface area (Å²) in [6.07, 6.45) is 11.7. The van der Waals surface area contributed by atoms with Gasteiger partial charge in [-0.25, -0.2) is 0 Å². The molecule has 4 nitrogen and oxygen atoms in total. The maximum absolute atomic E-state index is 4.32. The topological polar surface area (TPSA) is 44.0 Å². The molecule has 1 aromatic rings. The average Bonchev–Trinajstić information content (AvgIpc) is 2.84. The number of aromatic nitrogens is 2. The SMILES string of the molecule is CNCCN(C)Cc1cn[nH]c1C1CCCCCCC1. The fraction of sp³-hybridized carbons (Fsp3) is 0.812. The Balaban J connectivity index is 1.95. The van der Waals surface area contributed by atoms with Crippen molar-refractivity contribution in [2.45, 2.75) is 57.4 Å². The molecule has 20 heavy (non-hydrogen) atoms. The van der Waals surface area contributed by atoms with Gasteiger partial charge in [0.2, 0.25) is 0 Å². The van der Waals surface area contributed by atoms with Gasteiger partial charge >= 0.3 is 0 Å². The quantitative estimate of drug-likeness (QED) is 0.841. The van der Waals surface area contributed by atoms with Gasteiger partial charge in [-0.3, -0.25) is 5.10 Å². The summed E-state index contributed by atoms with van der Waals surface area (Å²) in [5.74, 6) is 0.700. The molecule has 2 rings (SSSR count). The number of likely N-dealkylation sites (N-methyl/N-ethyl adjacent to an activating group) is 2. The summed E-state index contributed by atoms with van der Waals surface area (Å²) in [4.78, 5) is 2.37. The van der Waals surface area contributed by atoms with Crippen LogP contribution in [-0.2, 0) is 6.54 Å². The average molecular weight is 278 g/mol. The van der Waals surface area contributed by atoms with Crippen molar-refractivity contribution in [2.24, 2.45) is 0 Å². The van der Waals surface area contributed by atoms with E-state index in [4.69, 9.17) is 0 Å². The van der Waals surface area contributed by atoms with Crippen LogP contribution in [0.5, 0.6) is 0 Å². The molecule has 0 atom stereocenters. The van der Waals surface area contributed by atoms with E-state index in [1.807, 2.05) is 13.2 Å². The first-order valence-electron chi connectivity index (χ1n) is 8.16. The molecule has 1 aromatic heterocycles. The lowest BCUT2D eigenvalue weighted by atomic mass is 9.87. The lowest BCUT2D eigenvalue weighted by Crippen LogP contribution is -2.27. The maximum atomic E-state index is 4.32. The third-order valence-electron chi connectivity index (χ3n) is 4.45. The van der Waals surface area contributed by atoms with E-state index in [1.165, 1.54) is 56.2 Å². The molecule has 4 heteroatoms. The molecular weight excluding hydrogens is 248 g/mol. The standard InChI is InChI=1S/C16H30N4/c1-17-10-11-20(2)13-15-12-18-19-16(15)14-8-6-4-3-5-7-9-14/h12,14,17H,3-11,13H2,1-2H3,(H,18,19). The summed E-state index contributed by atoms with van der Waals surface area (Å²) in [7, 11) is 4.19. The summed E-state index contributed by atoms with van der Waals surface area (Å²) in [6.45, 7) is 3.11. The molecule has 0 spiro atoms. The fourth-order valence-electron chi connectivity index (χ4n) is 3.22. The van der Waals surface area contributed by atoms with Gasteiger partial charge in [0.1, 0.15) is 0 Å². The lowest BCUT2D eigenvalue weighted by Gasteiger charge is -2.22. The van der Waals surface area contributed by atoms with Gasteiger partial charge in [-0.15, -0.1) is 0 Å². The summed E-state index contributed by atoms with van der Waals surface area (Å²) in [6, 6.07) is 0. The molecule has 0 saturated heterocycles. The fourth-order valence-corrected chi connectivity index (χ4v) is 3.22. The predicted molar refractivity (Wildman–Crippen MR) is 83.9 cm³/mol. The summed E-state index contributed by atoms with van der Waals surface area (Å²) in [5.41, 5.74) is 2.80. The Labute approximate surface area is 123 Å². The van der Waals surface area contributed by atoms with E-state index in [9.17, 15) is 0 Å². The molecule has 1 heterocycles. The predicted octanol–water partition coefficient (Wildman–Crippen LogP) is 2.89. The number of nitrogens with one attached hydrogen (secondary N) is 2. The Morgan fingerprint density at radius 1 is 1.25 bits per heavy atom. The van der Waals surface area contributed by atoms with Crippen molar-refractivity contribution < 1.29 is 0 Å². The highest BCUT2D eigenvalue weighted by atomic mass is 15.1. The van der Waals surface area contributed by atoms with Crippen LogP contribution in [0.1, 0.15) is 62.1 Å². The molecule has 1 aliphatic carbocycles. The molecular formula is C16H30N4. The van der Waals surface area contributed by atoms with Crippen LogP contribution >= 0.6 is 0 Å². The van der Waals surface area contributed by atoms with Crippen LogP contribution in [0, 0.1) is 0 Å². The van der Waals surface area contributed by atoms with Crippen molar-refractivity contribution in [3.63, 3.8) is 0 Å². The van der Waals surface area contributed by atoms with Crippen molar-refractivity contribution in [1.29, 1.82) is 0 Å². The van der Waals surface area contributed by atoms with Gasteiger partial charge in [0.05, 0.1) is 6.20 Å². The van der Waals surface area contributed by atoms with Crippen LogP contribution in [-0.4, -0.2) is 42.3 Å². The molecule has 2 N–H and O–H groups in total. The Morgan fingerprint density at radius 3 is 2.65 bits per heavy atom. The summed E-state index contributed by atoms with van der Waals surface area (Å²) in [5, 5.41) is 10.8. The van der Waals surface area contributed by atoms with Crippen molar-refractivity contribution in [1.82, 2.24) is 20.4 Å². The second-order valence-electron chi connectivity index (χ2n) is 6.19. The maximum Gasteiger partial charge on any atom is 0.0535 e. The van der Waals surface area contributed by atoms with Crippen LogP contribution in [0.2, 0.25) is 0 Å². The lowest BCUT2D eigenvalue weighted by molar-refractivity contribution is 0.325. The molecule has 0 unspecified atom stereocenters. The molecule has 1 saturated carbocycles. The highest BCUT2D eigenvalue weighted by Gasteiger charge is 2.19. The zero-order chi connectivity index (χ0) is 14.2. The number of rotatable bonds is 6. The molecule has 1 fully saturated rings. The number of nitrogens with zero attached hydrogens (tertiary/aromatic N) is 2. The highest BCUT2D eigenvalue weighted by molar-refractivity contribution is 5.20. The van der Waals surface area contributed by atoms with Crippen LogP contribution < -0.4 is 5.32 Å². The largest absolute Gasteiger partial charge is 0.318 e. The third kappa shape index (κ3) is 4.60. The van der Waals surface area contributed by atoms with Crippen LogP contribution in [0.4, 0.5) is 0 Å². The second-order valence-corrected chi connectivity index (χ2v) is 6.19. The van der Waals surface area contributed by atoms with Crippen molar-refractivity contribution in [3.8, 4) is 0 Å². The van der Waals surface area contributed by atoms with Crippen LogP contribution in [0.3, 0.4) is 0 Å². The van der Waals surface area contributed by atoms with Crippen LogP contribution in [0.25, 0.3) is 0 Å². The van der Waals surface area contributed by atoms with Gasteiger partial charge in [-0.2, -0.15) is 5.10 Å². The van der Waals surface area contributed by atoms with E-state index in [0.717, 1.165) is 19.6 Å². The van der Waals surface area contributed by atoms with E-state index >= 15 is 0 Å². The minimum Gasteiger partial charge on any atom is -0.318 e. The van der Waals surface area contributed by atoms with Gasteiger partial charge in [0.25, 0.3) is 0 Å². The van der Waals surface area contributed by atoms with E-state index in [0.29, 0.717) is 5.92 Å². The van der Waals surface area contributed by atoms with E-state index < -0.39 is 0 Å². The zero-order valence-electron chi connectivity index (χ0n) is 13.1. The Bertz CT molecular complexity index is 366. The first kappa shape index (κ1) is 15.5. The van der Waals surface area contributed by atoms with Crippen LogP contribution in [0.15, 0.2) is 6.20 Å². The minimum absolute atomic E-state index is 0.700. The van der Waals surface area contributed by atoms with Crippen molar-refractivity contribution in [3.05, 3.63) is 17.5 Å². The van der Waals surface area contributed by atoms with E-state index in [1.54, 1.807) is 0 Å². The first-order valence-corrected chi connectivity index (χ1v) is 8.16. The Kier molecular flexibility index (Phi) is 6.54. The van der Waals surface area contributed by atoms with Gasteiger partial charge in [-0.1, -0.05) is 32.1 Å². The number of hydrogen-bond acceptors (Lipinski definition) is 3. The Hall–Kier alpha value is -0.870. The molecule has 0 aliphatic heterocycles. The molecule has 0 radical (unpaired) electrons. The molecule has 0 aromatic carbocycles. The number of aromatic amines is 1. The number of H-pyrrole nitrogens is 1. The molecule has 1 aliphatic rings. The smallest absolute Gasteiger partial charge is 0.0535 e. The minimum atomic E-state index is 0.700. The number of hydrogen-bond donors (Lipinski definition) is 2. The third-order valence-corrected chi connectivity index (χ3v) is 4.45. The van der Waals surface area contributed by atoms with E-state index in [2.05, 4.69) is 27.5 Å². The normalized spacial score (nSPS) is 18.1. The van der Waals surface area contributed by atoms with Gasteiger partial charge in [0, 0.05) is 36.8 Å². The monoisotopic (exact) mass is 278 g/mol. The van der Waals surface area contributed by atoms with E-state index in [-0.39, 0.29) is 0 Å². The summed E-state index contributed by atoms with van der Waals surface area (Å²) < 4.78 is 0. The Morgan fingerprint density at radius 2 is 1.95 bits per heavy atom. The van der Waals surface area contributed by atoms with Crippen molar-refractivity contribution >= 4 is 0 Å². The van der Waals surface area contributed by atoms with Gasteiger partial charge < -0.3 is 10.2 Å².